The van der Waals surface area contributed by atoms with Gasteiger partial charge in [-0.05, 0) is 5.92 Å². The molecule has 2 atom stereocenters. The summed E-state index contributed by atoms with van der Waals surface area (Å²) in [5, 5.41) is 14.0. The Morgan fingerprint density at radius 3 is 2.78 bits per heavy atom. The van der Waals surface area contributed by atoms with Gasteiger partial charge in [-0.2, -0.15) is 0 Å². The van der Waals surface area contributed by atoms with Crippen LogP contribution in [0.5, 0.6) is 0 Å². The molecular formula is C11H18N4O3. The molecule has 2 unspecified atom stereocenters. The van der Waals surface area contributed by atoms with Crippen LogP contribution in [0.3, 0.4) is 0 Å². The molecule has 7 nitrogen and oxygen atoms in total. The summed E-state index contributed by atoms with van der Waals surface area (Å²) in [4.78, 5) is 29.2. The molecule has 1 heterocycles. The first-order valence-electron chi connectivity index (χ1n) is 5.79. The van der Waals surface area contributed by atoms with E-state index in [4.69, 9.17) is 5.11 Å². The number of rotatable bonds is 6. The lowest BCUT2D eigenvalue weighted by molar-refractivity contribution is -0.140. The Morgan fingerprint density at radius 2 is 2.28 bits per heavy atom. The second-order valence-electron chi connectivity index (χ2n) is 4.11. The van der Waals surface area contributed by atoms with Crippen LogP contribution in [0.15, 0.2) is 12.5 Å². The highest BCUT2D eigenvalue weighted by Crippen LogP contribution is 2.07. The summed E-state index contributed by atoms with van der Waals surface area (Å²) < 4.78 is 0. The van der Waals surface area contributed by atoms with E-state index >= 15 is 0 Å². The zero-order chi connectivity index (χ0) is 13.5. The van der Waals surface area contributed by atoms with Crippen LogP contribution in [0.25, 0.3) is 0 Å². The molecule has 0 aliphatic heterocycles. The number of aliphatic carboxylic acids is 1. The van der Waals surface area contributed by atoms with Gasteiger partial charge in [-0.3, -0.25) is 0 Å². The van der Waals surface area contributed by atoms with Gasteiger partial charge in [0, 0.05) is 6.20 Å². The number of nitrogens with zero attached hydrogens (tertiary/aromatic N) is 1. The van der Waals surface area contributed by atoms with Crippen LogP contribution >= 0.6 is 0 Å². The maximum absolute atomic E-state index is 11.6. The lowest BCUT2D eigenvalue weighted by Crippen LogP contribution is -2.48. The van der Waals surface area contributed by atoms with E-state index < -0.39 is 18.0 Å². The van der Waals surface area contributed by atoms with E-state index in [0.717, 1.165) is 5.69 Å². The van der Waals surface area contributed by atoms with E-state index in [2.05, 4.69) is 20.6 Å². The minimum absolute atomic E-state index is 0.125. The normalized spacial score (nSPS) is 13.7. The first-order chi connectivity index (χ1) is 8.54. The highest BCUT2D eigenvalue weighted by atomic mass is 16.4. The molecule has 0 spiro atoms. The largest absolute Gasteiger partial charge is 0.480 e. The molecule has 2 amide bonds. The van der Waals surface area contributed by atoms with Crippen molar-refractivity contribution in [3.63, 3.8) is 0 Å². The monoisotopic (exact) mass is 254 g/mol. The summed E-state index contributed by atoms with van der Waals surface area (Å²) in [7, 11) is 0. The van der Waals surface area contributed by atoms with Crippen molar-refractivity contribution < 1.29 is 14.7 Å². The third kappa shape index (κ3) is 4.08. The average molecular weight is 254 g/mol. The number of hydrogen-bond donors (Lipinski definition) is 4. The zero-order valence-corrected chi connectivity index (χ0v) is 10.4. The van der Waals surface area contributed by atoms with Crippen molar-refractivity contribution in [1.82, 2.24) is 20.6 Å². The third-order valence-electron chi connectivity index (χ3n) is 2.76. The van der Waals surface area contributed by atoms with Crippen molar-refractivity contribution in [3.8, 4) is 0 Å². The van der Waals surface area contributed by atoms with Crippen LogP contribution in [0.2, 0.25) is 0 Å². The minimum Gasteiger partial charge on any atom is -0.480 e. The van der Waals surface area contributed by atoms with Crippen molar-refractivity contribution in [3.05, 3.63) is 18.2 Å². The highest BCUT2D eigenvalue weighted by molar-refractivity contribution is 5.82. The molecule has 100 valence electrons. The number of carbonyl (C=O) groups excluding carboxylic acids is 1. The molecule has 0 radical (unpaired) electrons. The summed E-state index contributed by atoms with van der Waals surface area (Å²) in [6.07, 6.45) is 3.77. The topological polar surface area (TPSA) is 107 Å². The Bertz CT molecular complexity index is 391. The zero-order valence-electron chi connectivity index (χ0n) is 10.4. The van der Waals surface area contributed by atoms with Gasteiger partial charge in [0.1, 0.15) is 6.04 Å². The summed E-state index contributed by atoms with van der Waals surface area (Å²) in [6, 6.07) is -1.38. The van der Waals surface area contributed by atoms with Gasteiger partial charge in [-0.25, -0.2) is 14.6 Å². The van der Waals surface area contributed by atoms with E-state index in [1.807, 2.05) is 6.92 Å². The molecule has 1 aromatic rings. The van der Waals surface area contributed by atoms with Gasteiger partial charge >= 0.3 is 12.0 Å². The number of carboxylic acids is 1. The Balaban J connectivity index is 2.44. The van der Waals surface area contributed by atoms with Crippen LogP contribution in [0, 0.1) is 5.92 Å². The lowest BCUT2D eigenvalue weighted by atomic mass is 9.99. The van der Waals surface area contributed by atoms with Crippen molar-refractivity contribution in [2.45, 2.75) is 32.9 Å². The molecule has 0 bridgehead atoms. The number of urea groups is 1. The van der Waals surface area contributed by atoms with Crippen LogP contribution in [-0.2, 0) is 11.3 Å². The number of aromatic amines is 1. The van der Waals surface area contributed by atoms with Gasteiger partial charge in [0.25, 0.3) is 0 Å². The predicted octanol–water partition coefficient (Wildman–Crippen LogP) is 0.708. The van der Waals surface area contributed by atoms with E-state index in [-0.39, 0.29) is 12.5 Å². The van der Waals surface area contributed by atoms with Crippen molar-refractivity contribution >= 4 is 12.0 Å². The van der Waals surface area contributed by atoms with Crippen molar-refractivity contribution in [2.24, 2.45) is 5.92 Å². The van der Waals surface area contributed by atoms with E-state index in [1.54, 1.807) is 13.1 Å². The molecule has 0 aliphatic carbocycles. The summed E-state index contributed by atoms with van der Waals surface area (Å²) >= 11 is 0. The van der Waals surface area contributed by atoms with Crippen LogP contribution in [0.4, 0.5) is 4.79 Å². The fourth-order valence-corrected chi connectivity index (χ4v) is 1.43. The number of nitrogens with one attached hydrogen (secondary N) is 3. The third-order valence-corrected chi connectivity index (χ3v) is 2.76. The molecule has 0 aromatic carbocycles. The van der Waals surface area contributed by atoms with Gasteiger partial charge in [-0.15, -0.1) is 0 Å². The molecule has 7 heteroatoms. The molecular weight excluding hydrogens is 236 g/mol. The summed E-state index contributed by atoms with van der Waals surface area (Å²) in [6.45, 7) is 3.94. The number of carbonyl (C=O) groups is 2. The molecule has 1 aromatic heterocycles. The van der Waals surface area contributed by atoms with E-state index in [9.17, 15) is 9.59 Å². The molecule has 1 rings (SSSR count). The maximum Gasteiger partial charge on any atom is 0.326 e. The number of aromatic nitrogens is 2. The molecule has 0 saturated carbocycles. The molecule has 4 N–H and O–H groups in total. The standard InChI is InChI=1S/C11H18N4O3/c1-3-7(2)9(10(16)17)15-11(18)13-5-8-4-12-6-14-8/h4,6-7,9H,3,5H2,1-2H3,(H,12,14)(H,16,17)(H2,13,15,18). The summed E-state index contributed by atoms with van der Waals surface area (Å²) in [5.74, 6) is -1.15. The molecule has 0 aliphatic rings. The Hall–Kier alpha value is -2.05. The number of hydrogen-bond acceptors (Lipinski definition) is 3. The van der Waals surface area contributed by atoms with Crippen molar-refractivity contribution in [2.75, 3.05) is 0 Å². The number of carboxylic acid groups (broad SMARTS) is 1. The fourth-order valence-electron chi connectivity index (χ4n) is 1.43. The van der Waals surface area contributed by atoms with Crippen LogP contribution in [0.1, 0.15) is 26.0 Å². The van der Waals surface area contributed by atoms with Crippen LogP contribution < -0.4 is 10.6 Å². The van der Waals surface area contributed by atoms with Gasteiger partial charge in [-0.1, -0.05) is 20.3 Å². The first-order valence-corrected chi connectivity index (χ1v) is 5.79. The summed E-state index contributed by atoms with van der Waals surface area (Å²) in [5.41, 5.74) is 0.751. The van der Waals surface area contributed by atoms with Crippen LogP contribution in [-0.4, -0.2) is 33.1 Å². The highest BCUT2D eigenvalue weighted by Gasteiger charge is 2.25. The number of H-pyrrole nitrogens is 1. The van der Waals surface area contributed by atoms with Gasteiger partial charge in [0.05, 0.1) is 18.6 Å². The maximum atomic E-state index is 11.6. The van der Waals surface area contributed by atoms with E-state index in [0.29, 0.717) is 6.42 Å². The molecule has 18 heavy (non-hydrogen) atoms. The fraction of sp³-hybridized carbons (Fsp3) is 0.545. The minimum atomic E-state index is -1.03. The molecule has 0 fully saturated rings. The first kappa shape index (κ1) is 14.0. The van der Waals surface area contributed by atoms with Crippen molar-refractivity contribution in [1.29, 1.82) is 0 Å². The lowest BCUT2D eigenvalue weighted by Gasteiger charge is -2.20. The van der Waals surface area contributed by atoms with Gasteiger partial charge < -0.3 is 20.7 Å². The Morgan fingerprint density at radius 1 is 1.56 bits per heavy atom. The van der Waals surface area contributed by atoms with Gasteiger partial charge in [0.2, 0.25) is 0 Å². The Kier molecular flexibility index (Phi) is 5.16. The quantitative estimate of drug-likeness (QED) is 0.599. The van der Waals surface area contributed by atoms with Gasteiger partial charge in [0.15, 0.2) is 0 Å². The second-order valence-corrected chi connectivity index (χ2v) is 4.11. The average Bonchev–Trinajstić information content (AvgIpc) is 2.85. The second kappa shape index (κ2) is 6.63. The molecule has 0 saturated heterocycles. The number of amides is 2. The predicted molar refractivity (Wildman–Crippen MR) is 64.8 cm³/mol. The smallest absolute Gasteiger partial charge is 0.326 e. The SMILES string of the molecule is CCC(C)C(NC(=O)NCc1cnc[nH]1)C(=O)O. The number of imidazole rings is 1. The Labute approximate surface area is 105 Å². The van der Waals surface area contributed by atoms with E-state index in [1.165, 1.54) is 6.33 Å².